The number of nitro groups is 1. The number of methoxy groups -OCH3 is 1. The molecule has 0 saturated carbocycles. The fourth-order valence-electron chi connectivity index (χ4n) is 3.43. The Balaban J connectivity index is 1.93. The Hall–Kier alpha value is -3.31. The molecule has 0 aromatic heterocycles. The number of hydrogen-bond donors (Lipinski definition) is 0. The summed E-state index contributed by atoms with van der Waals surface area (Å²) in [6, 6.07) is 15.4. The number of rotatable bonds is 5. The van der Waals surface area contributed by atoms with Crippen molar-refractivity contribution in [2.24, 2.45) is 5.10 Å². The van der Waals surface area contributed by atoms with Crippen molar-refractivity contribution in [3.63, 3.8) is 0 Å². The van der Waals surface area contributed by atoms with Crippen LogP contribution in [0.3, 0.4) is 0 Å². The normalized spacial score (nSPS) is 20.0. The number of hydrogen-bond acceptors (Lipinski definition) is 10. The van der Waals surface area contributed by atoms with E-state index < -0.39 is 15.2 Å². The molecule has 0 bridgehead atoms. The zero-order valence-electron chi connectivity index (χ0n) is 17.3. The van der Waals surface area contributed by atoms with Crippen LogP contribution in [0, 0.1) is 10.1 Å². The second kappa shape index (κ2) is 8.32. The van der Waals surface area contributed by atoms with Crippen molar-refractivity contribution in [1.29, 1.82) is 0 Å². The van der Waals surface area contributed by atoms with Gasteiger partial charge in [-0.3, -0.25) is 14.9 Å². The van der Waals surface area contributed by atoms with E-state index in [1.54, 1.807) is 24.1 Å². The van der Waals surface area contributed by atoms with Crippen LogP contribution in [0.1, 0.15) is 13.8 Å². The Morgan fingerprint density at radius 1 is 1.09 bits per heavy atom. The summed E-state index contributed by atoms with van der Waals surface area (Å²) in [7, 11) is 1.30. The first kappa shape index (κ1) is 21.9. The Morgan fingerprint density at radius 3 is 2.41 bits per heavy atom. The number of carbonyl (C=O) groups is 2. The lowest BCUT2D eigenvalue weighted by Crippen LogP contribution is -2.49. The van der Waals surface area contributed by atoms with Gasteiger partial charge in [0.05, 0.1) is 17.7 Å². The molecule has 0 radical (unpaired) electrons. The third kappa shape index (κ3) is 3.53. The molecule has 11 heteroatoms. The third-order valence-corrected chi connectivity index (χ3v) is 7.81. The summed E-state index contributed by atoms with van der Waals surface area (Å²) in [6.07, 6.45) is 0. The van der Waals surface area contributed by atoms with E-state index in [2.05, 4.69) is 5.10 Å². The lowest BCUT2D eigenvalue weighted by molar-refractivity contribution is -0.384. The zero-order chi connectivity index (χ0) is 23.0. The van der Waals surface area contributed by atoms with Gasteiger partial charge in [-0.2, -0.15) is 5.10 Å². The Bertz CT molecular complexity index is 1180. The monoisotopic (exact) mass is 470 g/mol. The van der Waals surface area contributed by atoms with E-state index in [9.17, 15) is 19.7 Å². The topological polar surface area (TPSA) is 105 Å². The fraction of sp³-hybridized carbons (Fsp3) is 0.190. The minimum atomic E-state index is -1.13. The highest BCUT2D eigenvalue weighted by Crippen LogP contribution is 2.60. The molecule has 0 unspecified atom stereocenters. The molecule has 2 aromatic rings. The number of non-ortho nitro benzene ring substituents is 1. The minimum Gasteiger partial charge on any atom is -0.465 e. The SMILES string of the molecule is COC(=O)C1=C(C)N(c2ccccc2)[C@]2(SC(C(C)=O)=NN2c2cccc([N+](=O)[O-])c2)S1. The molecule has 0 amide bonds. The maximum atomic E-state index is 12.6. The first-order chi connectivity index (χ1) is 15.3. The van der Waals surface area contributed by atoms with Gasteiger partial charge in [-0.15, -0.1) is 0 Å². The summed E-state index contributed by atoms with van der Waals surface area (Å²) >= 11 is 2.37. The standard InChI is InChI=1S/C21H18N4O5S2/c1-13-18(20(27)30-3)31-21(23(13)15-8-5-4-6-9-15)24(22-19(32-21)14(2)26)16-10-7-11-17(12-16)25(28)29/h4-12H,1-3H3/t21-/m1/s1. The van der Waals surface area contributed by atoms with Gasteiger partial charge in [0, 0.05) is 30.4 Å². The smallest absolute Gasteiger partial charge is 0.346 e. The molecule has 0 N–H and O–H groups in total. The van der Waals surface area contributed by atoms with Gasteiger partial charge in [-0.05, 0) is 36.9 Å². The van der Waals surface area contributed by atoms with Crippen molar-refractivity contribution in [1.82, 2.24) is 0 Å². The number of Topliss-reactive ketones (excluding diaryl/α,β-unsaturated/α-hetero) is 1. The number of nitro benzene ring substituents is 1. The molecule has 2 aliphatic rings. The number of thioether (sulfide) groups is 2. The van der Waals surface area contributed by atoms with Gasteiger partial charge in [0.1, 0.15) is 4.91 Å². The van der Waals surface area contributed by atoms with Gasteiger partial charge >= 0.3 is 5.97 Å². The van der Waals surface area contributed by atoms with Crippen LogP contribution in [-0.2, 0) is 14.3 Å². The van der Waals surface area contributed by atoms with Gasteiger partial charge < -0.3 is 9.64 Å². The summed E-state index contributed by atoms with van der Waals surface area (Å²) in [6.45, 7) is 3.20. The highest BCUT2D eigenvalue weighted by Gasteiger charge is 2.58. The van der Waals surface area contributed by atoms with Crippen LogP contribution in [-0.4, -0.2) is 33.2 Å². The highest BCUT2D eigenvalue weighted by atomic mass is 32.2. The molecular weight excluding hydrogens is 452 g/mol. The summed E-state index contributed by atoms with van der Waals surface area (Å²) in [5.41, 5.74) is 1.69. The van der Waals surface area contributed by atoms with Crippen molar-refractivity contribution in [3.05, 3.63) is 75.3 Å². The van der Waals surface area contributed by atoms with Crippen molar-refractivity contribution in [3.8, 4) is 0 Å². The number of para-hydroxylation sites is 1. The largest absolute Gasteiger partial charge is 0.465 e. The van der Waals surface area contributed by atoms with E-state index in [0.717, 1.165) is 5.69 Å². The average Bonchev–Trinajstić information content (AvgIpc) is 3.31. The average molecular weight is 471 g/mol. The number of esters is 1. The molecule has 4 rings (SSSR count). The number of benzene rings is 2. The number of anilines is 2. The number of carbonyl (C=O) groups excluding carboxylic acids is 2. The number of ether oxygens (including phenoxy) is 1. The van der Waals surface area contributed by atoms with E-state index in [4.69, 9.17) is 4.74 Å². The molecule has 0 fully saturated rings. The minimum absolute atomic E-state index is 0.110. The number of ketones is 1. The Morgan fingerprint density at radius 2 is 1.78 bits per heavy atom. The third-order valence-electron chi connectivity index (χ3n) is 4.84. The second-order valence-electron chi connectivity index (χ2n) is 6.88. The molecule has 0 saturated heterocycles. The summed E-state index contributed by atoms with van der Waals surface area (Å²) < 4.78 is 3.86. The van der Waals surface area contributed by atoms with Crippen molar-refractivity contribution >= 4 is 57.4 Å². The van der Waals surface area contributed by atoms with Gasteiger partial charge in [-0.1, -0.05) is 36.0 Å². The predicted octanol–water partition coefficient (Wildman–Crippen LogP) is 4.32. The fourth-order valence-corrected chi connectivity index (χ4v) is 6.41. The van der Waals surface area contributed by atoms with E-state index in [1.807, 2.05) is 35.2 Å². The summed E-state index contributed by atoms with van der Waals surface area (Å²) in [5, 5.41) is 17.7. The molecule has 32 heavy (non-hydrogen) atoms. The lowest BCUT2D eigenvalue weighted by atomic mass is 10.2. The van der Waals surface area contributed by atoms with E-state index in [-0.39, 0.29) is 16.5 Å². The molecule has 9 nitrogen and oxygen atoms in total. The quantitative estimate of drug-likeness (QED) is 0.359. The molecule has 1 spiro atoms. The maximum Gasteiger partial charge on any atom is 0.346 e. The van der Waals surface area contributed by atoms with Gasteiger partial charge in [0.25, 0.3) is 5.69 Å². The molecule has 164 valence electrons. The molecular formula is C21H18N4O5S2. The maximum absolute atomic E-state index is 12.6. The molecule has 1 atom stereocenters. The van der Waals surface area contributed by atoms with Crippen molar-refractivity contribution in [2.45, 2.75) is 18.2 Å². The van der Waals surface area contributed by atoms with E-state index in [0.29, 0.717) is 16.3 Å². The molecule has 2 heterocycles. The van der Waals surface area contributed by atoms with Crippen LogP contribution in [0.5, 0.6) is 0 Å². The van der Waals surface area contributed by atoms with Crippen LogP contribution >= 0.6 is 23.5 Å². The number of hydrazone groups is 1. The Labute approximate surface area is 192 Å². The first-order valence-corrected chi connectivity index (χ1v) is 11.1. The molecule has 2 aliphatic heterocycles. The number of allylic oxidation sites excluding steroid dienone is 1. The second-order valence-corrected chi connectivity index (χ2v) is 9.48. The predicted molar refractivity (Wildman–Crippen MR) is 125 cm³/mol. The Kier molecular flexibility index (Phi) is 5.70. The van der Waals surface area contributed by atoms with Crippen LogP contribution in [0.4, 0.5) is 17.1 Å². The number of nitrogens with zero attached hydrogens (tertiary/aromatic N) is 4. The lowest BCUT2D eigenvalue weighted by Gasteiger charge is -2.41. The first-order valence-electron chi connectivity index (χ1n) is 9.45. The van der Waals surface area contributed by atoms with Crippen molar-refractivity contribution < 1.29 is 19.2 Å². The van der Waals surface area contributed by atoms with Crippen LogP contribution in [0.15, 0.2) is 70.3 Å². The van der Waals surface area contributed by atoms with E-state index >= 15 is 0 Å². The van der Waals surface area contributed by atoms with Gasteiger partial charge in [0.15, 0.2) is 10.8 Å². The van der Waals surface area contributed by atoms with E-state index in [1.165, 1.54) is 49.7 Å². The van der Waals surface area contributed by atoms with Crippen LogP contribution in [0.25, 0.3) is 0 Å². The van der Waals surface area contributed by atoms with Crippen LogP contribution < -0.4 is 9.91 Å². The zero-order valence-corrected chi connectivity index (χ0v) is 19.0. The van der Waals surface area contributed by atoms with Gasteiger partial charge in [0.2, 0.25) is 4.33 Å². The van der Waals surface area contributed by atoms with Gasteiger partial charge in [-0.25, -0.2) is 9.80 Å². The summed E-state index contributed by atoms with van der Waals surface area (Å²) in [5.74, 6) is -0.763. The van der Waals surface area contributed by atoms with Crippen LogP contribution in [0.2, 0.25) is 0 Å². The highest BCUT2D eigenvalue weighted by molar-refractivity contribution is 8.29. The molecule has 2 aromatic carbocycles. The van der Waals surface area contributed by atoms with Crippen molar-refractivity contribution in [2.75, 3.05) is 17.0 Å². The summed E-state index contributed by atoms with van der Waals surface area (Å²) in [4.78, 5) is 38.1. The molecule has 0 aliphatic carbocycles.